The van der Waals surface area contributed by atoms with Gasteiger partial charge in [-0.15, -0.1) is 12.3 Å². The lowest BCUT2D eigenvalue weighted by atomic mass is 10.1. The first-order chi connectivity index (χ1) is 5.93. The molecule has 1 rings (SSSR count). The van der Waals surface area contributed by atoms with Crippen molar-refractivity contribution in [3.05, 3.63) is 48.1 Å². The molecule has 0 unspecified atom stereocenters. The molecule has 12 heavy (non-hydrogen) atoms. The molecular formula is C12H12. The third-order valence-electron chi connectivity index (χ3n) is 1.62. The third-order valence-corrected chi connectivity index (χ3v) is 1.62. The van der Waals surface area contributed by atoms with Crippen LogP contribution in [0.2, 0.25) is 0 Å². The minimum absolute atomic E-state index is 0.813. The van der Waals surface area contributed by atoms with Crippen LogP contribution in [0.25, 0.3) is 0 Å². The summed E-state index contributed by atoms with van der Waals surface area (Å²) in [6.45, 7) is 0. The number of rotatable bonds is 2. The molecule has 0 heterocycles. The van der Waals surface area contributed by atoms with E-state index in [4.69, 9.17) is 6.42 Å². The first-order valence-electron chi connectivity index (χ1n) is 4.07. The number of hydrogen-bond acceptors (Lipinski definition) is 0. The molecule has 0 bridgehead atoms. The SMILES string of the molecule is C#CCCC1=CC=CC=CC=C1. The topological polar surface area (TPSA) is 0 Å². The highest BCUT2D eigenvalue weighted by molar-refractivity contribution is 5.31. The molecule has 0 amide bonds. The Bertz CT molecular complexity index is 280. The average Bonchev–Trinajstić information content (AvgIpc) is 2.02. The Labute approximate surface area is 74.0 Å². The van der Waals surface area contributed by atoms with Gasteiger partial charge in [0.1, 0.15) is 0 Å². The van der Waals surface area contributed by atoms with Gasteiger partial charge < -0.3 is 0 Å². The molecule has 0 heteroatoms. The van der Waals surface area contributed by atoms with E-state index < -0.39 is 0 Å². The molecule has 0 atom stereocenters. The zero-order valence-electron chi connectivity index (χ0n) is 7.03. The summed E-state index contributed by atoms with van der Waals surface area (Å²) in [4.78, 5) is 0. The van der Waals surface area contributed by atoms with Crippen LogP contribution in [-0.2, 0) is 0 Å². The number of allylic oxidation sites excluding steroid dienone is 8. The molecule has 0 aromatic heterocycles. The molecule has 0 saturated heterocycles. The Balaban J connectivity index is 2.58. The van der Waals surface area contributed by atoms with E-state index >= 15 is 0 Å². The molecule has 0 radical (unpaired) electrons. The molecule has 0 aliphatic heterocycles. The fraction of sp³-hybridized carbons (Fsp3) is 0.167. The van der Waals surface area contributed by atoms with Gasteiger partial charge in [0.15, 0.2) is 0 Å². The Morgan fingerprint density at radius 1 is 1.08 bits per heavy atom. The van der Waals surface area contributed by atoms with Crippen LogP contribution >= 0.6 is 0 Å². The van der Waals surface area contributed by atoms with Gasteiger partial charge in [0.25, 0.3) is 0 Å². The van der Waals surface area contributed by atoms with Crippen LogP contribution in [0, 0.1) is 12.3 Å². The van der Waals surface area contributed by atoms with E-state index in [2.05, 4.69) is 18.1 Å². The van der Waals surface area contributed by atoms with Crippen molar-refractivity contribution < 1.29 is 0 Å². The zero-order chi connectivity index (χ0) is 8.65. The van der Waals surface area contributed by atoms with Crippen LogP contribution in [0.4, 0.5) is 0 Å². The molecule has 0 nitrogen and oxygen atoms in total. The van der Waals surface area contributed by atoms with Gasteiger partial charge in [-0.05, 0) is 12.0 Å². The number of hydrogen-bond donors (Lipinski definition) is 0. The van der Waals surface area contributed by atoms with Crippen molar-refractivity contribution in [2.75, 3.05) is 0 Å². The van der Waals surface area contributed by atoms with Gasteiger partial charge in [-0.25, -0.2) is 0 Å². The summed E-state index contributed by atoms with van der Waals surface area (Å²) in [5, 5.41) is 0. The Morgan fingerprint density at radius 3 is 2.67 bits per heavy atom. The van der Waals surface area contributed by atoms with Crippen LogP contribution < -0.4 is 0 Å². The molecular weight excluding hydrogens is 144 g/mol. The summed E-state index contributed by atoms with van der Waals surface area (Å²) in [6, 6.07) is 0. The van der Waals surface area contributed by atoms with Gasteiger partial charge in [-0.2, -0.15) is 0 Å². The van der Waals surface area contributed by atoms with Crippen molar-refractivity contribution in [1.82, 2.24) is 0 Å². The van der Waals surface area contributed by atoms with Gasteiger partial charge in [-0.1, -0.05) is 42.5 Å². The van der Waals surface area contributed by atoms with Gasteiger partial charge in [-0.3, -0.25) is 0 Å². The number of terminal acetylenes is 1. The first kappa shape index (κ1) is 8.62. The smallest absolute Gasteiger partial charge is 0.0127 e. The van der Waals surface area contributed by atoms with Crippen LogP contribution in [0.1, 0.15) is 12.8 Å². The lowest BCUT2D eigenvalue weighted by Crippen LogP contribution is -1.78. The normalized spacial score (nSPS) is 14.8. The predicted molar refractivity (Wildman–Crippen MR) is 53.6 cm³/mol. The van der Waals surface area contributed by atoms with Crippen LogP contribution in [0.3, 0.4) is 0 Å². The molecule has 0 fully saturated rings. The van der Waals surface area contributed by atoms with E-state index in [1.54, 1.807) is 0 Å². The maximum Gasteiger partial charge on any atom is 0.0127 e. The zero-order valence-corrected chi connectivity index (χ0v) is 7.03. The summed E-state index contributed by atoms with van der Waals surface area (Å²) in [5.41, 5.74) is 1.29. The minimum atomic E-state index is 0.813. The van der Waals surface area contributed by atoms with Gasteiger partial charge in [0.2, 0.25) is 0 Å². The largest absolute Gasteiger partial charge is 0.120 e. The summed E-state index contributed by atoms with van der Waals surface area (Å²) in [5.74, 6) is 2.63. The molecule has 1 aliphatic rings. The highest BCUT2D eigenvalue weighted by Crippen LogP contribution is 2.08. The van der Waals surface area contributed by atoms with Gasteiger partial charge in [0, 0.05) is 6.42 Å². The Morgan fingerprint density at radius 2 is 1.83 bits per heavy atom. The summed E-state index contributed by atoms with van der Waals surface area (Å²) >= 11 is 0. The minimum Gasteiger partial charge on any atom is -0.120 e. The van der Waals surface area contributed by atoms with E-state index in [0.29, 0.717) is 0 Å². The van der Waals surface area contributed by atoms with E-state index in [9.17, 15) is 0 Å². The molecule has 1 aliphatic carbocycles. The van der Waals surface area contributed by atoms with Crippen LogP contribution in [-0.4, -0.2) is 0 Å². The second kappa shape index (κ2) is 5.21. The molecule has 60 valence electrons. The van der Waals surface area contributed by atoms with Crippen molar-refractivity contribution in [1.29, 1.82) is 0 Å². The Hall–Kier alpha value is -1.48. The first-order valence-corrected chi connectivity index (χ1v) is 4.07. The molecule has 0 N–H and O–H groups in total. The van der Waals surface area contributed by atoms with E-state index in [-0.39, 0.29) is 0 Å². The second-order valence-corrected chi connectivity index (χ2v) is 2.57. The fourth-order valence-corrected chi connectivity index (χ4v) is 0.989. The monoisotopic (exact) mass is 156 g/mol. The van der Waals surface area contributed by atoms with E-state index in [1.807, 2.05) is 30.4 Å². The molecule has 0 aromatic rings. The standard InChI is InChI=1S/C12H12/c1-2-3-9-12-10-7-5-4-6-8-11-12/h1,4-8,10-11H,3,9H2. The van der Waals surface area contributed by atoms with Crippen molar-refractivity contribution in [2.24, 2.45) is 0 Å². The van der Waals surface area contributed by atoms with Crippen LogP contribution in [0.5, 0.6) is 0 Å². The highest BCUT2D eigenvalue weighted by atomic mass is 13.9. The lowest BCUT2D eigenvalue weighted by molar-refractivity contribution is 1.04. The Kier molecular flexibility index (Phi) is 3.74. The van der Waals surface area contributed by atoms with Gasteiger partial charge in [0.05, 0.1) is 0 Å². The fourth-order valence-electron chi connectivity index (χ4n) is 0.989. The molecule has 0 spiro atoms. The predicted octanol–water partition coefficient (Wildman–Crippen LogP) is 3.01. The van der Waals surface area contributed by atoms with Crippen molar-refractivity contribution in [3.8, 4) is 12.3 Å². The van der Waals surface area contributed by atoms with Crippen molar-refractivity contribution >= 4 is 0 Å². The highest BCUT2D eigenvalue weighted by Gasteiger charge is 1.89. The van der Waals surface area contributed by atoms with Crippen LogP contribution in [0.15, 0.2) is 48.1 Å². The van der Waals surface area contributed by atoms with Crippen molar-refractivity contribution in [2.45, 2.75) is 12.8 Å². The summed E-state index contributed by atoms with van der Waals surface area (Å²) in [7, 11) is 0. The summed E-state index contributed by atoms with van der Waals surface area (Å²) in [6.07, 6.45) is 21.2. The average molecular weight is 156 g/mol. The van der Waals surface area contributed by atoms with E-state index in [0.717, 1.165) is 12.8 Å². The maximum absolute atomic E-state index is 5.18. The lowest BCUT2D eigenvalue weighted by Gasteiger charge is -1.96. The quantitative estimate of drug-likeness (QED) is 0.539. The van der Waals surface area contributed by atoms with Gasteiger partial charge >= 0.3 is 0 Å². The molecule has 0 saturated carbocycles. The van der Waals surface area contributed by atoms with E-state index in [1.165, 1.54) is 5.57 Å². The maximum atomic E-state index is 5.18. The third kappa shape index (κ3) is 3.07. The van der Waals surface area contributed by atoms with Crippen molar-refractivity contribution in [3.63, 3.8) is 0 Å². The summed E-state index contributed by atoms with van der Waals surface area (Å²) < 4.78 is 0. The molecule has 0 aromatic carbocycles. The second-order valence-electron chi connectivity index (χ2n) is 2.57.